The number of hydrogen-bond donors (Lipinski definition) is 0. The Labute approximate surface area is 170 Å². The number of fused-ring (bicyclic) bond motifs is 1. The zero-order chi connectivity index (χ0) is 20.5. The van der Waals surface area contributed by atoms with Crippen LogP contribution in [0.15, 0.2) is 59.7 Å². The first-order chi connectivity index (χ1) is 14.0. The highest BCUT2D eigenvalue weighted by Crippen LogP contribution is 2.20. The van der Waals surface area contributed by atoms with Gasteiger partial charge in [0.15, 0.2) is 0 Å². The molecule has 0 N–H and O–H groups in total. The standard InChI is InChI=1S/C24H25N3O2/c1-16(2)18-6-4-8-20(14-18)27-13-9-17(3)22(24(27)29)23(28)26-12-10-21-19(15-26)7-5-11-25-21/h4-9,11,13-14,16H,10,12,15H2,1-3H3. The fourth-order valence-corrected chi connectivity index (χ4v) is 3.82. The summed E-state index contributed by atoms with van der Waals surface area (Å²) in [6, 6.07) is 13.6. The van der Waals surface area contributed by atoms with Gasteiger partial charge in [0.2, 0.25) is 0 Å². The Morgan fingerprint density at radius 2 is 1.97 bits per heavy atom. The minimum atomic E-state index is -0.270. The first-order valence-electron chi connectivity index (χ1n) is 10.0. The smallest absolute Gasteiger partial charge is 0.268 e. The number of pyridine rings is 2. The van der Waals surface area contributed by atoms with Crippen molar-refractivity contribution in [2.45, 2.75) is 39.7 Å². The maximum Gasteiger partial charge on any atom is 0.268 e. The van der Waals surface area contributed by atoms with Crippen LogP contribution in [0.5, 0.6) is 0 Å². The van der Waals surface area contributed by atoms with Gasteiger partial charge < -0.3 is 4.90 Å². The van der Waals surface area contributed by atoms with Crippen molar-refractivity contribution in [3.63, 3.8) is 0 Å². The molecule has 5 heteroatoms. The molecule has 0 aliphatic carbocycles. The molecule has 0 fully saturated rings. The molecule has 0 radical (unpaired) electrons. The molecule has 1 aliphatic heterocycles. The van der Waals surface area contributed by atoms with Crippen molar-refractivity contribution in [3.8, 4) is 5.69 Å². The average molecular weight is 387 g/mol. The molecule has 3 heterocycles. The zero-order valence-electron chi connectivity index (χ0n) is 17.1. The molecule has 2 aromatic heterocycles. The van der Waals surface area contributed by atoms with Gasteiger partial charge in [0.1, 0.15) is 5.56 Å². The number of hydrogen-bond acceptors (Lipinski definition) is 3. The summed E-state index contributed by atoms with van der Waals surface area (Å²) in [5.41, 5.74) is 4.69. The van der Waals surface area contributed by atoms with Crippen molar-refractivity contribution in [2.24, 2.45) is 0 Å². The van der Waals surface area contributed by atoms with Crippen molar-refractivity contribution in [2.75, 3.05) is 6.54 Å². The molecule has 148 valence electrons. The van der Waals surface area contributed by atoms with Gasteiger partial charge in [-0.2, -0.15) is 0 Å². The molecule has 0 saturated heterocycles. The van der Waals surface area contributed by atoms with Crippen molar-refractivity contribution in [3.05, 3.63) is 93.2 Å². The monoisotopic (exact) mass is 387 g/mol. The average Bonchev–Trinajstić information content (AvgIpc) is 2.73. The minimum Gasteiger partial charge on any atom is -0.334 e. The summed E-state index contributed by atoms with van der Waals surface area (Å²) in [4.78, 5) is 32.8. The molecule has 1 amide bonds. The van der Waals surface area contributed by atoms with E-state index in [1.165, 1.54) is 0 Å². The fraction of sp³-hybridized carbons (Fsp3) is 0.292. The molecule has 0 unspecified atom stereocenters. The maximum atomic E-state index is 13.3. The van der Waals surface area contributed by atoms with Crippen LogP contribution in [-0.4, -0.2) is 26.9 Å². The Balaban J connectivity index is 1.72. The van der Waals surface area contributed by atoms with Gasteiger partial charge in [0.05, 0.1) is 0 Å². The van der Waals surface area contributed by atoms with E-state index in [1.54, 1.807) is 21.9 Å². The molecule has 1 aliphatic rings. The highest BCUT2D eigenvalue weighted by Gasteiger charge is 2.26. The normalized spacial score (nSPS) is 13.4. The van der Waals surface area contributed by atoms with Gasteiger partial charge in [-0.3, -0.25) is 19.1 Å². The summed E-state index contributed by atoms with van der Waals surface area (Å²) in [6.45, 7) is 7.12. The number of aromatic nitrogens is 2. The Morgan fingerprint density at radius 1 is 1.14 bits per heavy atom. The lowest BCUT2D eigenvalue weighted by Crippen LogP contribution is -2.40. The predicted molar refractivity (Wildman–Crippen MR) is 114 cm³/mol. The van der Waals surface area contributed by atoms with Crippen LogP contribution in [0.1, 0.15) is 52.5 Å². The summed E-state index contributed by atoms with van der Waals surface area (Å²) in [5.74, 6) is 0.149. The molecule has 0 atom stereocenters. The van der Waals surface area contributed by atoms with Gasteiger partial charge in [-0.1, -0.05) is 32.0 Å². The molecular weight excluding hydrogens is 362 g/mol. The minimum absolute atomic E-state index is 0.212. The number of benzene rings is 1. The summed E-state index contributed by atoms with van der Waals surface area (Å²) in [5, 5.41) is 0. The van der Waals surface area contributed by atoms with Crippen molar-refractivity contribution in [1.82, 2.24) is 14.5 Å². The summed E-state index contributed by atoms with van der Waals surface area (Å²) in [6.07, 6.45) is 4.24. The van der Waals surface area contributed by atoms with Crippen LogP contribution in [0.3, 0.4) is 0 Å². The van der Waals surface area contributed by atoms with E-state index in [0.717, 1.165) is 22.5 Å². The second-order valence-corrected chi connectivity index (χ2v) is 7.88. The molecule has 3 aromatic rings. The Bertz CT molecular complexity index is 1130. The van der Waals surface area contributed by atoms with Crippen LogP contribution in [0, 0.1) is 6.92 Å². The largest absolute Gasteiger partial charge is 0.334 e. The molecule has 0 saturated carbocycles. The summed E-state index contributed by atoms with van der Waals surface area (Å²) in [7, 11) is 0. The second-order valence-electron chi connectivity index (χ2n) is 7.88. The number of nitrogens with zero attached hydrogens (tertiary/aromatic N) is 3. The van der Waals surface area contributed by atoms with Crippen LogP contribution < -0.4 is 5.56 Å². The van der Waals surface area contributed by atoms with Crippen molar-refractivity contribution >= 4 is 5.91 Å². The predicted octanol–water partition coefficient (Wildman–Crippen LogP) is 3.86. The Hall–Kier alpha value is -3.21. The summed E-state index contributed by atoms with van der Waals surface area (Å²) >= 11 is 0. The first kappa shape index (κ1) is 19.1. The van der Waals surface area contributed by atoms with Gasteiger partial charge in [0, 0.05) is 43.3 Å². The SMILES string of the molecule is Cc1ccn(-c2cccc(C(C)C)c2)c(=O)c1C(=O)N1CCc2ncccc2C1. The lowest BCUT2D eigenvalue weighted by molar-refractivity contribution is 0.0730. The molecule has 4 rings (SSSR count). The van der Waals surface area contributed by atoms with E-state index >= 15 is 0 Å². The quantitative estimate of drug-likeness (QED) is 0.686. The Kier molecular flexibility index (Phi) is 5.05. The van der Waals surface area contributed by atoms with Gasteiger partial charge in [-0.05, 0) is 53.8 Å². The van der Waals surface area contributed by atoms with E-state index in [0.29, 0.717) is 31.0 Å². The Morgan fingerprint density at radius 3 is 2.76 bits per heavy atom. The van der Waals surface area contributed by atoms with Crippen LogP contribution in [0.4, 0.5) is 0 Å². The number of carbonyl (C=O) groups excluding carboxylic acids is 1. The van der Waals surface area contributed by atoms with Crippen molar-refractivity contribution in [1.29, 1.82) is 0 Å². The van der Waals surface area contributed by atoms with Crippen LogP contribution in [0.25, 0.3) is 5.69 Å². The van der Waals surface area contributed by atoms with Gasteiger partial charge in [0.25, 0.3) is 11.5 Å². The lowest BCUT2D eigenvalue weighted by Gasteiger charge is -2.28. The lowest BCUT2D eigenvalue weighted by atomic mass is 10.0. The van der Waals surface area contributed by atoms with Crippen molar-refractivity contribution < 1.29 is 4.79 Å². The maximum absolute atomic E-state index is 13.3. The molecule has 0 bridgehead atoms. The molecular formula is C24H25N3O2. The topological polar surface area (TPSA) is 55.2 Å². The van der Waals surface area contributed by atoms with Gasteiger partial charge in [-0.15, -0.1) is 0 Å². The van der Waals surface area contributed by atoms with E-state index in [-0.39, 0.29) is 17.0 Å². The molecule has 5 nitrogen and oxygen atoms in total. The van der Waals surface area contributed by atoms with E-state index < -0.39 is 0 Å². The molecule has 29 heavy (non-hydrogen) atoms. The number of carbonyl (C=O) groups is 1. The van der Waals surface area contributed by atoms with E-state index in [2.05, 4.69) is 24.9 Å². The van der Waals surface area contributed by atoms with Crippen LogP contribution in [-0.2, 0) is 13.0 Å². The van der Waals surface area contributed by atoms with Gasteiger partial charge in [-0.25, -0.2) is 0 Å². The number of rotatable bonds is 3. The van der Waals surface area contributed by atoms with E-state index in [4.69, 9.17) is 0 Å². The van der Waals surface area contributed by atoms with E-state index in [9.17, 15) is 9.59 Å². The number of aryl methyl sites for hydroxylation is 1. The van der Waals surface area contributed by atoms with Crippen LogP contribution in [0.2, 0.25) is 0 Å². The van der Waals surface area contributed by atoms with Gasteiger partial charge >= 0.3 is 0 Å². The summed E-state index contributed by atoms with van der Waals surface area (Å²) < 4.78 is 1.57. The highest BCUT2D eigenvalue weighted by molar-refractivity contribution is 5.95. The second kappa shape index (κ2) is 7.66. The first-order valence-corrected chi connectivity index (χ1v) is 10.0. The third-order valence-electron chi connectivity index (χ3n) is 5.58. The third-order valence-corrected chi connectivity index (χ3v) is 5.58. The fourth-order valence-electron chi connectivity index (χ4n) is 3.82. The molecule has 1 aromatic carbocycles. The molecule has 0 spiro atoms. The van der Waals surface area contributed by atoms with E-state index in [1.807, 2.05) is 43.3 Å². The highest BCUT2D eigenvalue weighted by atomic mass is 16.2. The number of amides is 1. The third kappa shape index (κ3) is 3.60. The van der Waals surface area contributed by atoms with Crippen LogP contribution >= 0.6 is 0 Å². The zero-order valence-corrected chi connectivity index (χ0v) is 17.1.